The van der Waals surface area contributed by atoms with Crippen molar-refractivity contribution in [2.75, 3.05) is 11.9 Å². The highest BCUT2D eigenvalue weighted by molar-refractivity contribution is 6.33. The first-order valence-corrected chi connectivity index (χ1v) is 8.77. The highest BCUT2D eigenvalue weighted by Crippen LogP contribution is 2.25. The van der Waals surface area contributed by atoms with Crippen LogP contribution in [0.2, 0.25) is 5.15 Å². The number of hydrogen-bond acceptors (Lipinski definition) is 6. The molecule has 0 radical (unpaired) electrons. The van der Waals surface area contributed by atoms with Crippen LogP contribution < -0.4 is 5.32 Å². The second kappa shape index (κ2) is 8.53. The SMILES string of the molecule is Cc1nn(-c2ccccc2)c(Cl)c1C(=O)OCC(=O)Nc1ccccc1[N+](=O)[O-]. The maximum absolute atomic E-state index is 12.4. The zero-order chi connectivity index (χ0) is 21.0. The Bertz CT molecular complexity index is 1080. The molecule has 1 heterocycles. The largest absolute Gasteiger partial charge is 0.452 e. The highest BCUT2D eigenvalue weighted by atomic mass is 35.5. The minimum absolute atomic E-state index is 0.00431. The predicted molar refractivity (Wildman–Crippen MR) is 105 cm³/mol. The van der Waals surface area contributed by atoms with Gasteiger partial charge >= 0.3 is 5.97 Å². The van der Waals surface area contributed by atoms with Gasteiger partial charge < -0.3 is 10.1 Å². The summed E-state index contributed by atoms with van der Waals surface area (Å²) >= 11 is 6.28. The van der Waals surface area contributed by atoms with Crippen molar-refractivity contribution in [3.05, 3.63) is 81.1 Å². The standard InChI is InChI=1S/C19H15ClN4O5/c1-12-17(18(20)23(22-12)13-7-3-2-4-8-13)19(26)29-11-16(25)21-14-9-5-6-10-15(14)24(27)28/h2-10H,11H2,1H3,(H,21,25). The average molecular weight is 415 g/mol. The molecule has 2 aromatic carbocycles. The van der Waals surface area contributed by atoms with Crippen molar-refractivity contribution in [3.8, 4) is 5.69 Å². The van der Waals surface area contributed by atoms with E-state index in [-0.39, 0.29) is 22.1 Å². The third-order valence-electron chi connectivity index (χ3n) is 3.92. The molecule has 0 saturated heterocycles. The van der Waals surface area contributed by atoms with Crippen molar-refractivity contribution < 1.29 is 19.2 Å². The summed E-state index contributed by atoms with van der Waals surface area (Å²) in [7, 11) is 0. The molecule has 1 amide bonds. The van der Waals surface area contributed by atoms with Gasteiger partial charge in [-0.05, 0) is 25.1 Å². The molecule has 0 aliphatic rings. The Kier molecular flexibility index (Phi) is 5.89. The highest BCUT2D eigenvalue weighted by Gasteiger charge is 2.23. The third kappa shape index (κ3) is 4.41. The molecule has 10 heteroatoms. The molecule has 0 spiro atoms. The number of nitro groups is 1. The number of para-hydroxylation sites is 3. The van der Waals surface area contributed by atoms with Gasteiger partial charge in [-0.15, -0.1) is 0 Å². The van der Waals surface area contributed by atoms with Crippen LogP contribution in [0.5, 0.6) is 0 Å². The number of nitro benzene ring substituents is 1. The molecule has 3 rings (SSSR count). The first-order valence-electron chi connectivity index (χ1n) is 8.39. The van der Waals surface area contributed by atoms with E-state index < -0.39 is 23.4 Å². The molecular formula is C19H15ClN4O5. The van der Waals surface area contributed by atoms with Crippen LogP contribution in [0, 0.1) is 17.0 Å². The molecule has 0 fully saturated rings. The Morgan fingerprint density at radius 3 is 2.52 bits per heavy atom. The quantitative estimate of drug-likeness (QED) is 0.374. The Labute approximate surface area is 170 Å². The molecule has 0 bridgehead atoms. The zero-order valence-electron chi connectivity index (χ0n) is 15.2. The van der Waals surface area contributed by atoms with Gasteiger partial charge in [0.15, 0.2) is 6.61 Å². The molecular weight excluding hydrogens is 400 g/mol. The van der Waals surface area contributed by atoms with Gasteiger partial charge in [-0.2, -0.15) is 5.10 Å². The van der Waals surface area contributed by atoms with E-state index in [4.69, 9.17) is 16.3 Å². The summed E-state index contributed by atoms with van der Waals surface area (Å²) in [5.41, 5.74) is 0.769. The Morgan fingerprint density at radius 2 is 1.83 bits per heavy atom. The second-order valence-corrected chi connectivity index (χ2v) is 6.26. The fourth-order valence-electron chi connectivity index (χ4n) is 2.60. The molecule has 1 aromatic heterocycles. The fraction of sp³-hybridized carbons (Fsp3) is 0.105. The summed E-state index contributed by atoms with van der Waals surface area (Å²) in [5, 5.41) is 17.6. The first-order chi connectivity index (χ1) is 13.9. The summed E-state index contributed by atoms with van der Waals surface area (Å²) in [4.78, 5) is 34.8. The van der Waals surface area contributed by atoms with Crippen molar-refractivity contribution in [1.29, 1.82) is 0 Å². The van der Waals surface area contributed by atoms with Crippen molar-refractivity contribution >= 4 is 34.9 Å². The topological polar surface area (TPSA) is 116 Å². The Morgan fingerprint density at radius 1 is 1.17 bits per heavy atom. The maximum Gasteiger partial charge on any atom is 0.343 e. The second-order valence-electron chi connectivity index (χ2n) is 5.90. The molecule has 29 heavy (non-hydrogen) atoms. The number of aromatic nitrogens is 2. The molecule has 0 aliphatic heterocycles. The number of nitrogens with zero attached hydrogens (tertiary/aromatic N) is 3. The summed E-state index contributed by atoms with van der Waals surface area (Å²) < 4.78 is 6.40. The van der Waals surface area contributed by atoms with Crippen LogP contribution in [0.15, 0.2) is 54.6 Å². The number of halogens is 1. The number of carbonyl (C=O) groups excluding carboxylic acids is 2. The summed E-state index contributed by atoms with van der Waals surface area (Å²) in [6.45, 7) is 0.951. The molecule has 0 atom stereocenters. The molecule has 0 aliphatic carbocycles. The third-order valence-corrected chi connectivity index (χ3v) is 4.27. The maximum atomic E-state index is 12.4. The van der Waals surface area contributed by atoms with Crippen LogP contribution in [0.25, 0.3) is 5.69 Å². The van der Waals surface area contributed by atoms with E-state index in [9.17, 15) is 19.7 Å². The number of ether oxygens (including phenoxy) is 1. The number of aryl methyl sites for hydroxylation is 1. The normalized spacial score (nSPS) is 10.4. The van der Waals surface area contributed by atoms with Crippen LogP contribution in [-0.2, 0) is 9.53 Å². The van der Waals surface area contributed by atoms with Crippen molar-refractivity contribution in [2.24, 2.45) is 0 Å². The summed E-state index contributed by atoms with van der Waals surface area (Å²) in [6, 6.07) is 14.6. The molecule has 0 unspecified atom stereocenters. The van der Waals surface area contributed by atoms with E-state index in [1.807, 2.05) is 6.07 Å². The van der Waals surface area contributed by atoms with Crippen LogP contribution >= 0.6 is 11.6 Å². The monoisotopic (exact) mass is 414 g/mol. The Hall–Kier alpha value is -3.72. The van der Waals surface area contributed by atoms with Gasteiger partial charge in [-0.25, -0.2) is 9.48 Å². The number of anilines is 1. The smallest absolute Gasteiger partial charge is 0.343 e. The summed E-state index contributed by atoms with van der Waals surface area (Å²) in [6.07, 6.45) is 0. The van der Waals surface area contributed by atoms with Crippen LogP contribution in [0.4, 0.5) is 11.4 Å². The molecule has 9 nitrogen and oxygen atoms in total. The van der Waals surface area contributed by atoms with E-state index in [1.54, 1.807) is 31.2 Å². The zero-order valence-corrected chi connectivity index (χ0v) is 15.9. The predicted octanol–water partition coefficient (Wildman–Crippen LogP) is 3.54. The number of nitrogens with one attached hydrogen (secondary N) is 1. The van der Waals surface area contributed by atoms with Crippen LogP contribution in [0.1, 0.15) is 16.1 Å². The van der Waals surface area contributed by atoms with E-state index in [1.165, 1.54) is 28.9 Å². The lowest BCUT2D eigenvalue weighted by Crippen LogP contribution is -2.21. The average Bonchev–Trinajstić information content (AvgIpc) is 3.01. The number of esters is 1. The lowest BCUT2D eigenvalue weighted by molar-refractivity contribution is -0.383. The van der Waals surface area contributed by atoms with E-state index >= 15 is 0 Å². The number of hydrogen-bond donors (Lipinski definition) is 1. The molecule has 148 valence electrons. The van der Waals surface area contributed by atoms with E-state index in [2.05, 4.69) is 10.4 Å². The Balaban J connectivity index is 1.70. The van der Waals surface area contributed by atoms with Gasteiger partial charge in [0.1, 0.15) is 16.4 Å². The number of benzene rings is 2. The minimum Gasteiger partial charge on any atom is -0.452 e. The van der Waals surface area contributed by atoms with Gasteiger partial charge in [0, 0.05) is 6.07 Å². The van der Waals surface area contributed by atoms with E-state index in [0.29, 0.717) is 11.4 Å². The van der Waals surface area contributed by atoms with Crippen LogP contribution in [-0.4, -0.2) is 33.2 Å². The molecule has 0 saturated carbocycles. The number of carbonyl (C=O) groups is 2. The van der Waals surface area contributed by atoms with Gasteiger partial charge in [0.25, 0.3) is 11.6 Å². The van der Waals surface area contributed by atoms with Crippen molar-refractivity contribution in [1.82, 2.24) is 9.78 Å². The summed E-state index contributed by atoms with van der Waals surface area (Å²) in [5.74, 6) is -1.55. The minimum atomic E-state index is -0.826. The van der Waals surface area contributed by atoms with Gasteiger partial charge in [-0.3, -0.25) is 14.9 Å². The first kappa shape index (κ1) is 20.0. The van der Waals surface area contributed by atoms with Gasteiger partial charge in [-0.1, -0.05) is 41.9 Å². The van der Waals surface area contributed by atoms with Crippen LogP contribution in [0.3, 0.4) is 0 Å². The van der Waals surface area contributed by atoms with E-state index in [0.717, 1.165) is 0 Å². The molecule has 3 aromatic rings. The lowest BCUT2D eigenvalue weighted by atomic mass is 10.2. The van der Waals surface area contributed by atoms with Gasteiger partial charge in [0.2, 0.25) is 0 Å². The van der Waals surface area contributed by atoms with Gasteiger partial charge in [0.05, 0.1) is 16.3 Å². The van der Waals surface area contributed by atoms with Crippen molar-refractivity contribution in [3.63, 3.8) is 0 Å². The van der Waals surface area contributed by atoms with Crippen molar-refractivity contribution in [2.45, 2.75) is 6.92 Å². The lowest BCUT2D eigenvalue weighted by Gasteiger charge is -2.07. The molecule has 1 N–H and O–H groups in total. The number of rotatable bonds is 6. The fourth-order valence-corrected chi connectivity index (χ4v) is 2.95. The number of amides is 1.